The van der Waals surface area contributed by atoms with Gasteiger partial charge in [0.25, 0.3) is 0 Å². The van der Waals surface area contributed by atoms with Gasteiger partial charge in [0, 0.05) is 19.1 Å². The van der Waals surface area contributed by atoms with Crippen LogP contribution in [-0.4, -0.2) is 52.9 Å². The van der Waals surface area contributed by atoms with Crippen molar-refractivity contribution in [3.63, 3.8) is 0 Å². The van der Waals surface area contributed by atoms with E-state index < -0.39 is 0 Å². The Morgan fingerprint density at radius 3 is 2.57 bits per heavy atom. The third kappa shape index (κ3) is 3.96. The van der Waals surface area contributed by atoms with E-state index in [9.17, 15) is 9.59 Å². The molecule has 124 valence electrons. The quantitative estimate of drug-likeness (QED) is 0.777. The average molecular weight is 337 g/mol. The van der Waals surface area contributed by atoms with Crippen molar-refractivity contribution < 1.29 is 14.3 Å². The van der Waals surface area contributed by atoms with Crippen LogP contribution in [0, 0.1) is 0 Å². The van der Waals surface area contributed by atoms with E-state index in [1.807, 2.05) is 35.2 Å². The number of carbonyl (C=O) groups is 2. The minimum atomic E-state index is -0.276. The maximum Gasteiger partial charge on any atom is 0.410 e. The van der Waals surface area contributed by atoms with Crippen LogP contribution in [0.25, 0.3) is 0 Å². The van der Waals surface area contributed by atoms with E-state index in [1.165, 1.54) is 0 Å². The number of rotatable bonds is 5. The van der Waals surface area contributed by atoms with Crippen LogP contribution in [0.4, 0.5) is 4.79 Å². The highest BCUT2D eigenvalue weighted by molar-refractivity contribution is 6.27. The average Bonchev–Trinajstić information content (AvgIpc) is 3.29. The van der Waals surface area contributed by atoms with E-state index in [0.29, 0.717) is 13.1 Å². The maximum atomic E-state index is 12.5. The molecule has 1 aromatic rings. The molecule has 2 aliphatic rings. The molecule has 1 saturated carbocycles. The Morgan fingerprint density at radius 1 is 1.17 bits per heavy atom. The van der Waals surface area contributed by atoms with E-state index >= 15 is 0 Å². The molecule has 0 aromatic heterocycles. The highest BCUT2D eigenvalue weighted by Gasteiger charge is 2.41. The molecule has 2 fully saturated rings. The Balaban J connectivity index is 1.58. The van der Waals surface area contributed by atoms with Gasteiger partial charge in [-0.1, -0.05) is 30.3 Å². The van der Waals surface area contributed by atoms with Crippen LogP contribution in [-0.2, 0) is 16.1 Å². The fourth-order valence-electron chi connectivity index (χ4n) is 3.02. The minimum absolute atomic E-state index is 0.00535. The van der Waals surface area contributed by atoms with Crippen LogP contribution >= 0.6 is 11.6 Å². The molecule has 1 saturated heterocycles. The highest BCUT2D eigenvalue weighted by atomic mass is 35.5. The molecule has 0 spiro atoms. The van der Waals surface area contributed by atoms with Crippen LogP contribution < -0.4 is 0 Å². The highest BCUT2D eigenvalue weighted by Crippen LogP contribution is 2.32. The van der Waals surface area contributed by atoms with Gasteiger partial charge in [-0.2, -0.15) is 0 Å². The number of halogens is 1. The second kappa shape index (κ2) is 7.21. The molecule has 1 atom stereocenters. The number of alkyl halides is 1. The van der Waals surface area contributed by atoms with E-state index in [0.717, 1.165) is 24.8 Å². The zero-order valence-corrected chi connectivity index (χ0v) is 13.7. The molecule has 0 radical (unpaired) electrons. The molecule has 5 nitrogen and oxygen atoms in total. The Morgan fingerprint density at radius 2 is 1.91 bits per heavy atom. The van der Waals surface area contributed by atoms with Gasteiger partial charge in [-0.3, -0.25) is 4.79 Å². The van der Waals surface area contributed by atoms with Gasteiger partial charge >= 0.3 is 6.09 Å². The van der Waals surface area contributed by atoms with Crippen molar-refractivity contribution in [3.05, 3.63) is 35.9 Å². The van der Waals surface area contributed by atoms with Crippen molar-refractivity contribution in [2.75, 3.05) is 19.0 Å². The molecule has 1 heterocycles. The largest absolute Gasteiger partial charge is 0.445 e. The molecule has 1 aliphatic carbocycles. The number of hydrogen-bond donors (Lipinski definition) is 0. The summed E-state index contributed by atoms with van der Waals surface area (Å²) in [4.78, 5) is 27.8. The standard InChI is InChI=1S/C17H21ClN2O3/c18-10-16(21)19-9-8-15(11-19)20(14-6-7-14)17(22)23-12-13-4-2-1-3-5-13/h1-5,14-15H,6-12H2. The Bertz CT molecular complexity index is 562. The van der Waals surface area contributed by atoms with Crippen LogP contribution in [0.1, 0.15) is 24.8 Å². The number of likely N-dealkylation sites (tertiary alicyclic amines) is 1. The smallest absolute Gasteiger partial charge is 0.410 e. The fraction of sp³-hybridized carbons (Fsp3) is 0.529. The van der Waals surface area contributed by atoms with E-state index in [4.69, 9.17) is 16.3 Å². The molecule has 0 N–H and O–H groups in total. The van der Waals surface area contributed by atoms with Gasteiger partial charge in [0.05, 0.1) is 6.04 Å². The maximum absolute atomic E-state index is 12.5. The predicted octanol–water partition coefficient (Wildman–Crippen LogP) is 2.63. The molecule has 3 rings (SSSR count). The van der Waals surface area contributed by atoms with Crippen LogP contribution in [0.3, 0.4) is 0 Å². The second-order valence-electron chi connectivity index (χ2n) is 6.09. The van der Waals surface area contributed by atoms with Gasteiger partial charge in [-0.05, 0) is 24.8 Å². The summed E-state index contributed by atoms with van der Waals surface area (Å²) in [6.07, 6.45) is 2.54. The SMILES string of the molecule is O=C(CCl)N1CCC(N(C(=O)OCc2ccccc2)C2CC2)C1. The van der Waals surface area contributed by atoms with E-state index in [-0.39, 0.29) is 36.6 Å². The molecule has 6 heteroatoms. The number of nitrogens with zero attached hydrogens (tertiary/aromatic N) is 2. The zero-order chi connectivity index (χ0) is 16.2. The lowest BCUT2D eigenvalue weighted by Gasteiger charge is -2.28. The number of benzene rings is 1. The molecule has 1 aromatic carbocycles. The summed E-state index contributed by atoms with van der Waals surface area (Å²) in [5, 5.41) is 0. The van der Waals surface area contributed by atoms with Crippen molar-refractivity contribution in [3.8, 4) is 0 Å². The van der Waals surface area contributed by atoms with E-state index in [1.54, 1.807) is 4.90 Å². The van der Waals surface area contributed by atoms with E-state index in [2.05, 4.69) is 0 Å². The topological polar surface area (TPSA) is 49.9 Å². The van der Waals surface area contributed by atoms with Gasteiger partial charge in [0.1, 0.15) is 12.5 Å². The summed E-state index contributed by atoms with van der Waals surface area (Å²) in [5.41, 5.74) is 0.974. The summed E-state index contributed by atoms with van der Waals surface area (Å²) in [5.74, 6) is -0.0724. The third-order valence-corrected chi connectivity index (χ3v) is 4.61. The fourth-order valence-corrected chi connectivity index (χ4v) is 3.19. The lowest BCUT2D eigenvalue weighted by Crippen LogP contribution is -2.44. The van der Waals surface area contributed by atoms with Crippen molar-refractivity contribution in [2.24, 2.45) is 0 Å². The Kier molecular flexibility index (Phi) is 5.06. The Hall–Kier alpha value is -1.75. The van der Waals surface area contributed by atoms with Gasteiger partial charge in [0.15, 0.2) is 0 Å². The normalized spacial score (nSPS) is 20.4. The first-order chi connectivity index (χ1) is 11.2. The molecule has 1 unspecified atom stereocenters. The molecular formula is C17H21ClN2O3. The lowest BCUT2D eigenvalue weighted by atomic mass is 10.2. The first-order valence-corrected chi connectivity index (χ1v) is 8.55. The van der Waals surface area contributed by atoms with Crippen molar-refractivity contribution >= 4 is 23.6 Å². The second-order valence-corrected chi connectivity index (χ2v) is 6.36. The molecule has 23 heavy (non-hydrogen) atoms. The monoisotopic (exact) mass is 336 g/mol. The summed E-state index contributed by atoms with van der Waals surface area (Å²) >= 11 is 5.62. The first kappa shape index (κ1) is 16.1. The van der Waals surface area contributed by atoms with Gasteiger partial charge in [-0.25, -0.2) is 4.79 Å². The van der Waals surface area contributed by atoms with Crippen molar-refractivity contribution in [1.82, 2.24) is 9.80 Å². The van der Waals surface area contributed by atoms with Crippen LogP contribution in [0.2, 0.25) is 0 Å². The zero-order valence-electron chi connectivity index (χ0n) is 13.0. The first-order valence-electron chi connectivity index (χ1n) is 8.02. The molecular weight excluding hydrogens is 316 g/mol. The van der Waals surface area contributed by atoms with Crippen molar-refractivity contribution in [2.45, 2.75) is 38.0 Å². The summed E-state index contributed by atoms with van der Waals surface area (Å²) < 4.78 is 5.48. The van der Waals surface area contributed by atoms with Gasteiger partial charge in [0.2, 0.25) is 5.91 Å². The van der Waals surface area contributed by atoms with Crippen molar-refractivity contribution in [1.29, 1.82) is 0 Å². The van der Waals surface area contributed by atoms with Gasteiger partial charge < -0.3 is 14.5 Å². The number of ether oxygens (including phenoxy) is 1. The number of carbonyl (C=O) groups excluding carboxylic acids is 2. The molecule has 1 aliphatic heterocycles. The number of amides is 2. The number of hydrogen-bond acceptors (Lipinski definition) is 3. The predicted molar refractivity (Wildman–Crippen MR) is 87.2 cm³/mol. The third-order valence-electron chi connectivity index (χ3n) is 4.38. The molecule has 2 amide bonds. The molecule has 0 bridgehead atoms. The summed E-state index contributed by atoms with van der Waals surface area (Å²) in [7, 11) is 0. The van der Waals surface area contributed by atoms with Crippen LogP contribution in [0.15, 0.2) is 30.3 Å². The minimum Gasteiger partial charge on any atom is -0.445 e. The Labute approximate surface area is 141 Å². The summed E-state index contributed by atoms with van der Waals surface area (Å²) in [6.45, 7) is 1.49. The van der Waals surface area contributed by atoms with Crippen LogP contribution in [0.5, 0.6) is 0 Å². The summed E-state index contributed by atoms with van der Waals surface area (Å²) in [6, 6.07) is 9.95. The lowest BCUT2D eigenvalue weighted by molar-refractivity contribution is -0.127. The van der Waals surface area contributed by atoms with Gasteiger partial charge in [-0.15, -0.1) is 11.6 Å².